The van der Waals surface area contributed by atoms with Crippen LogP contribution in [0.15, 0.2) is 35.9 Å². The summed E-state index contributed by atoms with van der Waals surface area (Å²) in [6.07, 6.45) is 7.64. The molecule has 1 amide bonds. The molecule has 0 aromatic heterocycles. The Morgan fingerprint density at radius 1 is 1.32 bits per heavy atom. The molecular weight excluding hydrogens is 310 g/mol. The van der Waals surface area contributed by atoms with Crippen molar-refractivity contribution in [1.82, 2.24) is 0 Å². The van der Waals surface area contributed by atoms with E-state index in [-0.39, 0.29) is 11.6 Å². The van der Waals surface area contributed by atoms with Gasteiger partial charge in [-0.15, -0.1) is 0 Å². The summed E-state index contributed by atoms with van der Waals surface area (Å²) in [7, 11) is 0. The molecule has 2 atom stereocenters. The molecule has 0 unspecified atom stereocenters. The van der Waals surface area contributed by atoms with E-state index in [2.05, 4.69) is 38.1 Å². The highest BCUT2D eigenvalue weighted by atomic mass is 16.6. The fourth-order valence-corrected chi connectivity index (χ4v) is 4.48. The van der Waals surface area contributed by atoms with E-state index in [4.69, 9.17) is 4.74 Å². The Hall–Kier alpha value is -1.77. The number of hydrogen-bond acceptors (Lipinski definition) is 2. The van der Waals surface area contributed by atoms with E-state index in [1.54, 1.807) is 0 Å². The SMILES string of the molecule is CCCC[C@H]1CC(C)=C[C@@]12Cc1ccccc1N2C(=O)OC(C)(C)C. The van der Waals surface area contributed by atoms with Crippen LogP contribution in [0.5, 0.6) is 0 Å². The van der Waals surface area contributed by atoms with Gasteiger partial charge in [0.25, 0.3) is 0 Å². The van der Waals surface area contributed by atoms with Crippen LogP contribution in [0, 0.1) is 5.92 Å². The first-order valence-corrected chi connectivity index (χ1v) is 9.56. The number of ether oxygens (including phenoxy) is 1. The molecule has 0 radical (unpaired) electrons. The maximum absolute atomic E-state index is 13.2. The molecule has 1 aromatic rings. The van der Waals surface area contributed by atoms with Crippen LogP contribution in [0.1, 0.15) is 65.9 Å². The van der Waals surface area contributed by atoms with Crippen molar-refractivity contribution in [3.05, 3.63) is 41.5 Å². The molecule has 1 aliphatic heterocycles. The first kappa shape index (κ1) is 18.0. The Morgan fingerprint density at radius 2 is 2.04 bits per heavy atom. The van der Waals surface area contributed by atoms with Crippen molar-refractivity contribution in [3.8, 4) is 0 Å². The summed E-state index contributed by atoms with van der Waals surface area (Å²) >= 11 is 0. The second-order valence-electron chi connectivity index (χ2n) is 8.65. The molecule has 0 fully saturated rings. The summed E-state index contributed by atoms with van der Waals surface area (Å²) in [6, 6.07) is 8.30. The molecule has 0 saturated carbocycles. The Labute approximate surface area is 152 Å². The van der Waals surface area contributed by atoms with Gasteiger partial charge in [-0.25, -0.2) is 4.79 Å². The van der Waals surface area contributed by atoms with Crippen molar-refractivity contribution in [2.45, 2.75) is 77.9 Å². The standard InChI is InChI=1S/C22H31NO2/c1-6-7-11-18-13-16(2)14-22(18)15-17-10-8-9-12-19(17)23(22)20(24)25-21(3,4)5/h8-10,12,14,18H,6-7,11,13,15H2,1-5H3/t18-,22+/m0/s1. The van der Waals surface area contributed by atoms with Crippen molar-refractivity contribution in [3.63, 3.8) is 0 Å². The molecule has 3 nitrogen and oxygen atoms in total. The zero-order valence-electron chi connectivity index (χ0n) is 16.3. The van der Waals surface area contributed by atoms with Gasteiger partial charge < -0.3 is 4.74 Å². The Bertz CT molecular complexity index is 686. The summed E-state index contributed by atoms with van der Waals surface area (Å²) in [5.74, 6) is 0.465. The third-order valence-electron chi connectivity index (χ3n) is 5.38. The summed E-state index contributed by atoms with van der Waals surface area (Å²) < 4.78 is 5.81. The van der Waals surface area contributed by atoms with Crippen LogP contribution in [-0.2, 0) is 11.2 Å². The first-order valence-electron chi connectivity index (χ1n) is 9.56. The molecule has 1 heterocycles. The van der Waals surface area contributed by atoms with Gasteiger partial charge in [0.05, 0.1) is 11.2 Å². The van der Waals surface area contributed by atoms with E-state index in [1.165, 1.54) is 24.0 Å². The van der Waals surface area contributed by atoms with Crippen molar-refractivity contribution >= 4 is 11.8 Å². The minimum Gasteiger partial charge on any atom is -0.443 e. The monoisotopic (exact) mass is 341 g/mol. The molecule has 136 valence electrons. The summed E-state index contributed by atoms with van der Waals surface area (Å²) in [4.78, 5) is 15.1. The highest BCUT2D eigenvalue weighted by Gasteiger charge is 2.53. The lowest BCUT2D eigenvalue weighted by Crippen LogP contribution is -2.53. The lowest BCUT2D eigenvalue weighted by atomic mass is 9.80. The second kappa shape index (κ2) is 6.51. The van der Waals surface area contributed by atoms with Crippen LogP contribution in [0.2, 0.25) is 0 Å². The maximum Gasteiger partial charge on any atom is 0.415 e. The number of para-hydroxylation sites is 1. The van der Waals surface area contributed by atoms with Crippen LogP contribution in [0.4, 0.5) is 10.5 Å². The molecule has 1 aromatic carbocycles. The number of benzene rings is 1. The topological polar surface area (TPSA) is 29.5 Å². The van der Waals surface area contributed by atoms with Crippen molar-refractivity contribution < 1.29 is 9.53 Å². The molecule has 1 spiro atoms. The average molecular weight is 341 g/mol. The molecule has 3 heteroatoms. The molecule has 25 heavy (non-hydrogen) atoms. The second-order valence-corrected chi connectivity index (χ2v) is 8.65. The van der Waals surface area contributed by atoms with Gasteiger partial charge in [0, 0.05) is 6.42 Å². The Kier molecular flexibility index (Phi) is 4.70. The predicted octanol–water partition coefficient (Wildman–Crippen LogP) is 5.88. The van der Waals surface area contributed by atoms with Crippen LogP contribution in [0.3, 0.4) is 0 Å². The predicted molar refractivity (Wildman–Crippen MR) is 103 cm³/mol. The Balaban J connectivity index is 2.03. The van der Waals surface area contributed by atoms with E-state index in [1.807, 2.05) is 31.7 Å². The molecule has 3 rings (SSSR count). The zero-order chi connectivity index (χ0) is 18.2. The van der Waals surface area contributed by atoms with E-state index in [0.29, 0.717) is 5.92 Å². The molecule has 1 aliphatic carbocycles. The van der Waals surface area contributed by atoms with Gasteiger partial charge in [0.1, 0.15) is 5.60 Å². The minimum atomic E-state index is -0.494. The number of hydrogen-bond donors (Lipinski definition) is 0. The van der Waals surface area contributed by atoms with Crippen LogP contribution in [0.25, 0.3) is 0 Å². The number of carbonyl (C=O) groups is 1. The molecule has 0 bridgehead atoms. The van der Waals surface area contributed by atoms with Crippen LogP contribution < -0.4 is 4.90 Å². The van der Waals surface area contributed by atoms with E-state index in [9.17, 15) is 4.79 Å². The molecule has 0 N–H and O–H groups in total. The number of rotatable bonds is 3. The zero-order valence-corrected chi connectivity index (χ0v) is 16.3. The third-order valence-corrected chi connectivity index (χ3v) is 5.38. The van der Waals surface area contributed by atoms with E-state index < -0.39 is 5.60 Å². The summed E-state index contributed by atoms with van der Waals surface area (Å²) in [5, 5.41) is 0. The van der Waals surface area contributed by atoms with Crippen molar-refractivity contribution in [2.24, 2.45) is 5.92 Å². The number of amides is 1. The van der Waals surface area contributed by atoms with Crippen LogP contribution >= 0.6 is 0 Å². The number of nitrogens with zero attached hydrogens (tertiary/aromatic N) is 1. The maximum atomic E-state index is 13.2. The number of allylic oxidation sites excluding steroid dienone is 1. The summed E-state index contributed by atoms with van der Waals surface area (Å²) in [5.41, 5.74) is 2.91. The van der Waals surface area contributed by atoms with Gasteiger partial charge in [-0.2, -0.15) is 0 Å². The van der Waals surface area contributed by atoms with Crippen molar-refractivity contribution in [1.29, 1.82) is 0 Å². The first-order chi connectivity index (χ1) is 11.8. The number of fused-ring (bicyclic) bond motifs is 1. The molecule has 2 aliphatic rings. The molecule has 0 saturated heterocycles. The lowest BCUT2D eigenvalue weighted by molar-refractivity contribution is 0.0537. The van der Waals surface area contributed by atoms with Crippen LogP contribution in [-0.4, -0.2) is 17.2 Å². The highest BCUT2D eigenvalue weighted by Crippen LogP contribution is 2.51. The average Bonchev–Trinajstić information content (AvgIpc) is 2.99. The van der Waals surface area contributed by atoms with Gasteiger partial charge in [0.15, 0.2) is 0 Å². The number of unbranched alkanes of at least 4 members (excludes halogenated alkanes) is 1. The number of anilines is 1. The highest BCUT2D eigenvalue weighted by molar-refractivity contribution is 5.94. The summed E-state index contributed by atoms with van der Waals surface area (Å²) in [6.45, 7) is 10.2. The molecular formula is C22H31NO2. The van der Waals surface area contributed by atoms with E-state index in [0.717, 1.165) is 24.9 Å². The number of carbonyl (C=O) groups excluding carboxylic acids is 1. The third kappa shape index (κ3) is 3.33. The normalized spacial score (nSPS) is 25.2. The van der Waals surface area contributed by atoms with Gasteiger partial charge in [-0.3, -0.25) is 4.90 Å². The smallest absolute Gasteiger partial charge is 0.415 e. The largest absolute Gasteiger partial charge is 0.443 e. The van der Waals surface area contributed by atoms with Gasteiger partial charge in [-0.1, -0.05) is 49.6 Å². The quantitative estimate of drug-likeness (QED) is 0.643. The Morgan fingerprint density at radius 3 is 2.72 bits per heavy atom. The lowest BCUT2D eigenvalue weighted by Gasteiger charge is -2.40. The van der Waals surface area contributed by atoms with Crippen molar-refractivity contribution in [2.75, 3.05) is 4.90 Å². The van der Waals surface area contributed by atoms with E-state index >= 15 is 0 Å². The fourth-order valence-electron chi connectivity index (χ4n) is 4.48. The fraction of sp³-hybridized carbons (Fsp3) is 0.591. The minimum absolute atomic E-state index is 0.218. The van der Waals surface area contributed by atoms with Gasteiger partial charge in [0.2, 0.25) is 0 Å². The van der Waals surface area contributed by atoms with Gasteiger partial charge in [-0.05, 0) is 58.1 Å². The van der Waals surface area contributed by atoms with Gasteiger partial charge >= 0.3 is 6.09 Å².